The third-order valence-electron chi connectivity index (χ3n) is 0.905. The highest BCUT2D eigenvalue weighted by molar-refractivity contribution is 5.40. The first-order chi connectivity index (χ1) is 4.30. The lowest BCUT2D eigenvalue weighted by molar-refractivity contribution is 1.35. The normalized spacial score (nSPS) is 10.4. The van der Waals surface area contributed by atoms with Gasteiger partial charge in [0, 0.05) is 5.69 Å². The van der Waals surface area contributed by atoms with Gasteiger partial charge >= 0.3 is 0 Å². The maximum Gasteiger partial charge on any atom is 0.181 e. The summed E-state index contributed by atoms with van der Waals surface area (Å²) in [5.74, 6) is 5.11. The van der Waals surface area contributed by atoms with E-state index in [-0.39, 0.29) is 0 Å². The van der Waals surface area contributed by atoms with Gasteiger partial charge in [-0.1, -0.05) is 18.2 Å². The minimum Gasteiger partial charge on any atom is -0.324 e. The second kappa shape index (κ2) is 2.33. The molecular weight excluding hydrogens is 100 g/mol. The summed E-state index contributed by atoms with van der Waals surface area (Å²) in [5.41, 5.74) is 1.53. The van der Waals surface area contributed by atoms with Crippen LogP contribution >= 0.6 is 0 Å². The van der Waals surface area contributed by atoms with Crippen LogP contribution in [0.25, 0.3) is 0 Å². The van der Waals surface area contributed by atoms with Gasteiger partial charge in [0.2, 0.25) is 0 Å². The number of hydrazine groups is 1. The van der Waals surface area contributed by atoms with Crippen LogP contribution in [0.1, 0.15) is 0 Å². The van der Waals surface area contributed by atoms with E-state index in [0.29, 0.717) is 5.69 Å². The second-order valence-corrected chi connectivity index (χ2v) is 1.46. The lowest BCUT2D eigenvalue weighted by atomic mass is 10.3. The van der Waals surface area contributed by atoms with Gasteiger partial charge in [-0.25, -0.2) is 0 Å². The molecule has 3 N–H and O–H groups in total. The van der Waals surface area contributed by atoms with Gasteiger partial charge < -0.3 is 5.42 Å². The molecule has 0 atom stereocenters. The maximum absolute atomic E-state index is 6.93. The van der Waals surface area contributed by atoms with E-state index < -0.39 is 0 Å². The minimum atomic E-state index is 0.692. The molecule has 0 unspecified atom stereocenters. The topological polar surface area (TPSA) is 38.0 Å². The third-order valence-corrected chi connectivity index (χ3v) is 0.905. The summed E-state index contributed by atoms with van der Waals surface area (Å²) < 4.78 is 6.93. The third kappa shape index (κ3) is 0.978. The van der Waals surface area contributed by atoms with E-state index >= 15 is 0 Å². The van der Waals surface area contributed by atoms with Crippen LogP contribution in [0.3, 0.4) is 0 Å². The van der Waals surface area contributed by atoms with Crippen LogP contribution < -0.4 is 11.3 Å². The number of benzene rings is 1. The van der Waals surface area contributed by atoms with E-state index in [0.717, 1.165) is 5.42 Å². The van der Waals surface area contributed by atoms with Crippen molar-refractivity contribution in [2.24, 2.45) is 5.84 Å². The average Bonchev–Trinajstić information content (AvgIpc) is 1.90. The standard InChI is InChI=1S/C6H8N2/c7-8-6-4-2-1-3-5-6/h1-5,8H,7H2/i/hD. The van der Waals surface area contributed by atoms with Crippen LogP contribution in [0.5, 0.6) is 0 Å². The number of rotatable bonds is 1. The van der Waals surface area contributed by atoms with Gasteiger partial charge in [-0.15, -0.1) is 0 Å². The zero-order valence-corrected chi connectivity index (χ0v) is 4.41. The highest BCUT2D eigenvalue weighted by Gasteiger charge is 1.78. The largest absolute Gasteiger partial charge is 0.324 e. The first kappa shape index (κ1) is 3.92. The Kier molecular flexibility index (Phi) is 1.14. The molecule has 8 heavy (non-hydrogen) atoms. The van der Waals surface area contributed by atoms with Gasteiger partial charge in [-0.05, 0) is 12.1 Å². The highest BCUT2D eigenvalue weighted by atomic mass is 15.2. The average molecular weight is 109 g/mol. The first-order valence-electron chi connectivity index (χ1n) is 2.84. The van der Waals surface area contributed by atoms with Crippen molar-refractivity contribution in [3.8, 4) is 0 Å². The van der Waals surface area contributed by atoms with Crippen LogP contribution in [-0.4, -0.2) is 0 Å². The van der Waals surface area contributed by atoms with E-state index in [9.17, 15) is 0 Å². The summed E-state index contributed by atoms with van der Waals surface area (Å²) in [6.07, 6.45) is 0. The van der Waals surface area contributed by atoms with Crippen LogP contribution in [0, 0.1) is 0 Å². The molecule has 0 amide bonds. The molecule has 0 heterocycles. The zero-order chi connectivity index (χ0) is 6.69. The zero-order valence-electron chi connectivity index (χ0n) is 5.41. The molecule has 0 fully saturated rings. The summed E-state index contributed by atoms with van der Waals surface area (Å²) in [6, 6.07) is 9.10. The molecule has 0 saturated carbocycles. The van der Waals surface area contributed by atoms with Crippen molar-refractivity contribution in [1.29, 1.82) is 0 Å². The molecule has 1 aromatic carbocycles. The lowest BCUT2D eigenvalue weighted by Gasteiger charge is -1.94. The molecule has 0 radical (unpaired) electrons. The number of nitrogens with two attached hydrogens (primary N) is 1. The van der Waals surface area contributed by atoms with Gasteiger partial charge in [0.25, 0.3) is 0 Å². The lowest BCUT2D eigenvalue weighted by Crippen LogP contribution is -2.05. The molecular formula is C6H8N2. The number of hydrogen-bond acceptors (Lipinski definition) is 2. The Morgan fingerprint density at radius 1 is 1.38 bits per heavy atom. The summed E-state index contributed by atoms with van der Waals surface area (Å²) in [5, 5.41) is 0. The van der Waals surface area contributed by atoms with E-state index in [2.05, 4.69) is 0 Å². The maximum atomic E-state index is 6.93. The van der Waals surface area contributed by atoms with E-state index in [1.807, 2.05) is 18.2 Å². The van der Waals surface area contributed by atoms with Crippen LogP contribution in [0.15, 0.2) is 30.3 Å². The Morgan fingerprint density at radius 2 is 2.00 bits per heavy atom. The number of nitrogen functional groups attached to an aromatic ring is 1. The fourth-order valence-electron chi connectivity index (χ4n) is 0.514. The van der Waals surface area contributed by atoms with Crippen LogP contribution in [-0.2, 0) is 0 Å². The van der Waals surface area contributed by atoms with Crippen molar-refractivity contribution in [2.45, 2.75) is 0 Å². The van der Waals surface area contributed by atoms with Crippen molar-refractivity contribution in [3.05, 3.63) is 30.3 Å². The van der Waals surface area contributed by atoms with Crippen molar-refractivity contribution in [3.63, 3.8) is 0 Å². The van der Waals surface area contributed by atoms with Crippen molar-refractivity contribution < 1.29 is 1.41 Å². The molecule has 2 heteroatoms. The minimum absolute atomic E-state index is 0.692. The molecule has 42 valence electrons. The smallest absolute Gasteiger partial charge is 0.181 e. The van der Waals surface area contributed by atoms with Crippen molar-refractivity contribution in [1.82, 2.24) is 0 Å². The number of nitrogens with one attached hydrogen (secondary N) is 1. The quantitative estimate of drug-likeness (QED) is 0.416. The Labute approximate surface area is 49.8 Å². The monoisotopic (exact) mass is 109 g/mol. The first-order valence-corrected chi connectivity index (χ1v) is 2.39. The second-order valence-electron chi connectivity index (χ2n) is 1.46. The molecule has 0 aliphatic heterocycles. The molecule has 0 aliphatic carbocycles. The van der Waals surface area contributed by atoms with Gasteiger partial charge in [-0.2, -0.15) is 0 Å². The predicted octanol–water partition coefficient (Wildman–Crippen LogP) is 0.972. The summed E-state index contributed by atoms with van der Waals surface area (Å²) in [7, 11) is 0. The SMILES string of the molecule is [2H]N(N)c1ccccc1. The fraction of sp³-hybridized carbons (Fsp3) is 0. The number of hydrogen-bond donors (Lipinski definition) is 2. The van der Waals surface area contributed by atoms with E-state index in [4.69, 9.17) is 7.25 Å². The molecule has 0 spiro atoms. The summed E-state index contributed by atoms with van der Waals surface area (Å²) >= 11 is 0. The molecule has 0 bridgehead atoms. The summed E-state index contributed by atoms with van der Waals surface area (Å²) in [4.78, 5) is 0. The van der Waals surface area contributed by atoms with Crippen LogP contribution in [0.4, 0.5) is 5.69 Å². The predicted molar refractivity (Wildman–Crippen MR) is 34.3 cm³/mol. The Bertz CT molecular complexity index is 174. The Morgan fingerprint density at radius 3 is 2.38 bits per heavy atom. The summed E-state index contributed by atoms with van der Waals surface area (Å²) in [6.45, 7) is 0. The number of anilines is 1. The number of para-hydroxylation sites is 1. The molecule has 2 nitrogen and oxygen atoms in total. The highest BCUT2D eigenvalue weighted by Crippen LogP contribution is 2.00. The Hall–Kier alpha value is -1.02. The van der Waals surface area contributed by atoms with Crippen molar-refractivity contribution >= 4 is 5.69 Å². The Balaban J connectivity index is 2.85. The van der Waals surface area contributed by atoms with Gasteiger partial charge in [-0.3, -0.25) is 5.84 Å². The van der Waals surface area contributed by atoms with E-state index in [1.165, 1.54) is 0 Å². The van der Waals surface area contributed by atoms with Gasteiger partial charge in [0.05, 0.1) is 0 Å². The van der Waals surface area contributed by atoms with Gasteiger partial charge in [0.1, 0.15) is 0 Å². The van der Waals surface area contributed by atoms with E-state index in [1.54, 1.807) is 12.1 Å². The molecule has 0 saturated heterocycles. The molecule has 0 aliphatic rings. The molecule has 0 aromatic heterocycles. The van der Waals surface area contributed by atoms with Crippen molar-refractivity contribution in [2.75, 3.05) is 5.42 Å². The fourth-order valence-corrected chi connectivity index (χ4v) is 0.514. The molecule has 1 rings (SSSR count). The molecule has 1 aromatic rings. The van der Waals surface area contributed by atoms with Gasteiger partial charge in [0.15, 0.2) is 1.41 Å². The van der Waals surface area contributed by atoms with Crippen LogP contribution in [0.2, 0.25) is 1.41 Å².